The van der Waals surface area contributed by atoms with Crippen LogP contribution in [0.25, 0.3) is 0 Å². The first-order chi connectivity index (χ1) is 9.60. The zero-order valence-corrected chi connectivity index (χ0v) is 10.3. The Labute approximate surface area is 114 Å². The molecule has 0 saturated heterocycles. The van der Waals surface area contributed by atoms with Gasteiger partial charge in [-0.15, -0.1) is 0 Å². The molecule has 0 atom stereocenters. The Kier molecular flexibility index (Phi) is 3.85. The van der Waals surface area contributed by atoms with Crippen molar-refractivity contribution in [2.75, 3.05) is 5.32 Å². The summed E-state index contributed by atoms with van der Waals surface area (Å²) in [5.74, 6) is -0.387. The molecule has 0 unspecified atom stereocenters. The predicted molar refractivity (Wildman–Crippen MR) is 72.9 cm³/mol. The van der Waals surface area contributed by atoms with Gasteiger partial charge in [0.15, 0.2) is 0 Å². The molecule has 2 rings (SSSR count). The van der Waals surface area contributed by atoms with Crippen molar-refractivity contribution in [1.29, 1.82) is 0 Å². The van der Waals surface area contributed by atoms with E-state index in [1.165, 1.54) is 30.3 Å². The summed E-state index contributed by atoms with van der Waals surface area (Å²) in [6.07, 6.45) is 0.655. The Morgan fingerprint density at radius 1 is 1.15 bits per heavy atom. The largest absolute Gasteiger partial charge is 0.322 e. The number of hydrogen-bond acceptors (Lipinski definition) is 4. The van der Waals surface area contributed by atoms with E-state index in [1.54, 1.807) is 18.2 Å². The maximum atomic E-state index is 11.9. The van der Waals surface area contributed by atoms with Gasteiger partial charge in [0.05, 0.1) is 4.92 Å². The molecule has 0 spiro atoms. The van der Waals surface area contributed by atoms with Crippen LogP contribution in [0.15, 0.2) is 48.5 Å². The highest BCUT2D eigenvalue weighted by atomic mass is 16.6. The standard InChI is InChI=1S/C14H10N2O4/c17-9-10-2-1-3-11(8-10)14(18)15-12-4-6-13(7-5-12)16(19)20/h1-9H,(H,15,18). The molecule has 20 heavy (non-hydrogen) atoms. The van der Waals surface area contributed by atoms with Gasteiger partial charge in [0.1, 0.15) is 6.29 Å². The summed E-state index contributed by atoms with van der Waals surface area (Å²) in [6, 6.07) is 11.7. The third-order valence-corrected chi connectivity index (χ3v) is 2.62. The molecule has 0 aliphatic rings. The fraction of sp³-hybridized carbons (Fsp3) is 0. The first-order valence-electron chi connectivity index (χ1n) is 5.71. The number of benzene rings is 2. The minimum absolute atomic E-state index is 0.0500. The van der Waals surface area contributed by atoms with Crippen molar-refractivity contribution in [2.24, 2.45) is 0 Å². The summed E-state index contributed by atoms with van der Waals surface area (Å²) < 4.78 is 0. The van der Waals surface area contributed by atoms with Crippen LogP contribution in [0.2, 0.25) is 0 Å². The molecule has 0 bridgehead atoms. The topological polar surface area (TPSA) is 89.3 Å². The van der Waals surface area contributed by atoms with Gasteiger partial charge >= 0.3 is 0 Å². The van der Waals surface area contributed by atoms with Gasteiger partial charge in [0.25, 0.3) is 11.6 Å². The summed E-state index contributed by atoms with van der Waals surface area (Å²) in [5, 5.41) is 13.1. The summed E-state index contributed by atoms with van der Waals surface area (Å²) in [7, 11) is 0. The van der Waals surface area contributed by atoms with Crippen LogP contribution < -0.4 is 5.32 Å². The number of aldehydes is 1. The predicted octanol–water partition coefficient (Wildman–Crippen LogP) is 2.66. The highest BCUT2D eigenvalue weighted by Gasteiger charge is 2.08. The van der Waals surface area contributed by atoms with Crippen molar-refractivity contribution in [2.45, 2.75) is 0 Å². The Morgan fingerprint density at radius 3 is 2.45 bits per heavy atom. The quantitative estimate of drug-likeness (QED) is 0.525. The fourth-order valence-corrected chi connectivity index (χ4v) is 1.62. The molecule has 2 aromatic carbocycles. The average Bonchev–Trinajstić information content (AvgIpc) is 2.47. The van der Waals surface area contributed by atoms with Gasteiger partial charge < -0.3 is 5.32 Å². The average molecular weight is 270 g/mol. The number of carbonyl (C=O) groups excluding carboxylic acids is 2. The number of amides is 1. The first-order valence-corrected chi connectivity index (χ1v) is 5.71. The summed E-state index contributed by atoms with van der Waals surface area (Å²) in [6.45, 7) is 0. The second-order valence-corrected chi connectivity index (χ2v) is 4.00. The minimum atomic E-state index is -0.515. The summed E-state index contributed by atoms with van der Waals surface area (Å²) in [5.41, 5.74) is 1.14. The van der Waals surface area contributed by atoms with E-state index >= 15 is 0 Å². The number of nitrogens with zero attached hydrogens (tertiary/aromatic N) is 1. The lowest BCUT2D eigenvalue weighted by Crippen LogP contribution is -2.12. The Morgan fingerprint density at radius 2 is 1.85 bits per heavy atom. The van der Waals surface area contributed by atoms with Crippen LogP contribution in [0, 0.1) is 10.1 Å². The van der Waals surface area contributed by atoms with Crippen LogP contribution in [0.3, 0.4) is 0 Å². The molecular formula is C14H10N2O4. The zero-order valence-electron chi connectivity index (χ0n) is 10.3. The van der Waals surface area contributed by atoms with Gasteiger partial charge in [-0.3, -0.25) is 19.7 Å². The third kappa shape index (κ3) is 3.05. The summed E-state index contributed by atoms with van der Waals surface area (Å²) >= 11 is 0. The Hall–Kier alpha value is -3.02. The van der Waals surface area contributed by atoms with E-state index in [9.17, 15) is 19.7 Å². The number of nitro benzene ring substituents is 1. The SMILES string of the molecule is O=Cc1cccc(C(=O)Nc2ccc([N+](=O)[O-])cc2)c1. The zero-order chi connectivity index (χ0) is 14.5. The molecule has 6 heteroatoms. The van der Waals surface area contributed by atoms with E-state index in [-0.39, 0.29) is 11.6 Å². The molecule has 0 aliphatic carbocycles. The second kappa shape index (κ2) is 5.75. The van der Waals surface area contributed by atoms with E-state index in [0.29, 0.717) is 23.1 Å². The number of non-ortho nitro benzene ring substituents is 1. The minimum Gasteiger partial charge on any atom is -0.322 e. The summed E-state index contributed by atoms with van der Waals surface area (Å²) in [4.78, 5) is 32.6. The fourth-order valence-electron chi connectivity index (χ4n) is 1.62. The van der Waals surface area contributed by atoms with Crippen LogP contribution in [0.1, 0.15) is 20.7 Å². The van der Waals surface area contributed by atoms with E-state index in [1.807, 2.05) is 0 Å². The second-order valence-electron chi connectivity index (χ2n) is 4.00. The number of nitrogens with one attached hydrogen (secondary N) is 1. The van der Waals surface area contributed by atoms with E-state index in [2.05, 4.69) is 5.32 Å². The normalized spacial score (nSPS) is 9.80. The van der Waals surface area contributed by atoms with Crippen molar-refractivity contribution in [3.05, 3.63) is 69.8 Å². The van der Waals surface area contributed by atoms with Gasteiger partial charge in [0, 0.05) is 28.9 Å². The van der Waals surface area contributed by atoms with Crippen molar-refractivity contribution in [3.63, 3.8) is 0 Å². The first kappa shape index (κ1) is 13.4. The molecule has 6 nitrogen and oxygen atoms in total. The molecule has 1 amide bonds. The molecule has 0 radical (unpaired) electrons. The molecule has 0 fully saturated rings. The highest BCUT2D eigenvalue weighted by molar-refractivity contribution is 6.05. The Bertz CT molecular complexity index is 665. The monoisotopic (exact) mass is 270 g/mol. The van der Waals surface area contributed by atoms with Crippen LogP contribution in [-0.4, -0.2) is 17.1 Å². The molecular weight excluding hydrogens is 260 g/mol. The molecule has 100 valence electrons. The lowest BCUT2D eigenvalue weighted by atomic mass is 10.1. The lowest BCUT2D eigenvalue weighted by molar-refractivity contribution is -0.384. The number of anilines is 1. The Balaban J connectivity index is 2.14. The smallest absolute Gasteiger partial charge is 0.269 e. The molecule has 2 aromatic rings. The molecule has 0 saturated carbocycles. The molecule has 0 heterocycles. The molecule has 0 aliphatic heterocycles. The highest BCUT2D eigenvalue weighted by Crippen LogP contribution is 2.16. The number of rotatable bonds is 4. The van der Waals surface area contributed by atoms with E-state index in [0.717, 1.165) is 0 Å². The van der Waals surface area contributed by atoms with Crippen LogP contribution >= 0.6 is 0 Å². The van der Waals surface area contributed by atoms with Gasteiger partial charge in [-0.25, -0.2) is 0 Å². The van der Waals surface area contributed by atoms with E-state index in [4.69, 9.17) is 0 Å². The van der Waals surface area contributed by atoms with Crippen LogP contribution in [0.5, 0.6) is 0 Å². The maximum absolute atomic E-state index is 11.9. The molecule has 1 N–H and O–H groups in total. The van der Waals surface area contributed by atoms with Crippen molar-refractivity contribution in [3.8, 4) is 0 Å². The van der Waals surface area contributed by atoms with Crippen LogP contribution in [-0.2, 0) is 0 Å². The number of nitro groups is 1. The van der Waals surface area contributed by atoms with Crippen molar-refractivity contribution < 1.29 is 14.5 Å². The number of hydrogen-bond donors (Lipinski definition) is 1. The van der Waals surface area contributed by atoms with Gasteiger partial charge in [-0.2, -0.15) is 0 Å². The lowest BCUT2D eigenvalue weighted by Gasteiger charge is -2.05. The van der Waals surface area contributed by atoms with Gasteiger partial charge in [-0.1, -0.05) is 12.1 Å². The van der Waals surface area contributed by atoms with Gasteiger partial charge in [-0.05, 0) is 24.3 Å². The maximum Gasteiger partial charge on any atom is 0.269 e. The molecule has 0 aromatic heterocycles. The van der Waals surface area contributed by atoms with Gasteiger partial charge in [0.2, 0.25) is 0 Å². The third-order valence-electron chi connectivity index (χ3n) is 2.62. The van der Waals surface area contributed by atoms with E-state index < -0.39 is 4.92 Å². The van der Waals surface area contributed by atoms with Crippen LogP contribution in [0.4, 0.5) is 11.4 Å². The van der Waals surface area contributed by atoms with Crippen molar-refractivity contribution >= 4 is 23.6 Å². The number of carbonyl (C=O) groups is 2. The van der Waals surface area contributed by atoms with Crippen molar-refractivity contribution in [1.82, 2.24) is 0 Å².